The zero-order valence-corrected chi connectivity index (χ0v) is 16.0. The third kappa shape index (κ3) is 3.48. The average molecular weight is 391 g/mol. The molecule has 1 heterocycles. The van der Waals surface area contributed by atoms with Crippen molar-refractivity contribution in [2.24, 2.45) is 0 Å². The molecule has 1 unspecified atom stereocenters. The topological polar surface area (TPSA) is 68.2 Å². The highest BCUT2D eigenvalue weighted by atomic mass is 35.5. The Bertz CT molecular complexity index is 1060. The molecule has 3 aromatic rings. The van der Waals surface area contributed by atoms with Gasteiger partial charge in [0, 0.05) is 23.0 Å². The second kappa shape index (κ2) is 6.78. The lowest BCUT2D eigenvalue weighted by atomic mass is 9.88. The third-order valence-electron chi connectivity index (χ3n) is 4.51. The van der Waals surface area contributed by atoms with Gasteiger partial charge >= 0.3 is 0 Å². The van der Waals surface area contributed by atoms with Crippen LogP contribution in [0.3, 0.4) is 0 Å². The Morgan fingerprint density at radius 3 is 2.46 bits per heavy atom. The second-order valence-electron chi connectivity index (χ2n) is 6.45. The Morgan fingerprint density at radius 2 is 1.85 bits per heavy atom. The molecular weight excluding hydrogens is 372 g/mol. The molecule has 5 nitrogen and oxygen atoms in total. The van der Waals surface area contributed by atoms with Gasteiger partial charge in [-0.25, -0.2) is 8.42 Å². The molecule has 2 aromatic carbocycles. The number of fused-ring (bicyclic) bond motifs is 1. The van der Waals surface area contributed by atoms with Crippen molar-refractivity contribution in [3.8, 4) is 0 Å². The Kier molecular flexibility index (Phi) is 4.82. The fourth-order valence-corrected chi connectivity index (χ4v) is 3.92. The summed E-state index contributed by atoms with van der Waals surface area (Å²) in [6.07, 6.45) is 4.14. The summed E-state index contributed by atoms with van der Waals surface area (Å²) in [6, 6.07) is 14.6. The van der Waals surface area contributed by atoms with Gasteiger partial charge < -0.3 is 9.36 Å². The van der Waals surface area contributed by atoms with E-state index >= 15 is 0 Å². The SMILES string of the molecule is CC(CC=O)(c1ccc(Cl)cc1)n1ccc2c(NS(C)(=O)=O)cccc21. The molecular formula is C19H19ClN2O3S. The maximum atomic E-state index is 11.6. The summed E-state index contributed by atoms with van der Waals surface area (Å²) < 4.78 is 27.8. The van der Waals surface area contributed by atoms with Crippen molar-refractivity contribution in [3.63, 3.8) is 0 Å². The number of anilines is 1. The van der Waals surface area contributed by atoms with E-state index in [-0.39, 0.29) is 6.42 Å². The number of sulfonamides is 1. The molecule has 0 spiro atoms. The second-order valence-corrected chi connectivity index (χ2v) is 8.63. The molecule has 0 saturated carbocycles. The average Bonchev–Trinajstić information content (AvgIpc) is 3.00. The molecule has 0 fully saturated rings. The number of carbonyl (C=O) groups is 1. The zero-order chi connectivity index (χ0) is 18.9. The number of hydrogen-bond acceptors (Lipinski definition) is 3. The van der Waals surface area contributed by atoms with E-state index in [1.54, 1.807) is 24.3 Å². The van der Waals surface area contributed by atoms with Crippen molar-refractivity contribution in [2.75, 3.05) is 11.0 Å². The summed E-state index contributed by atoms with van der Waals surface area (Å²) in [4.78, 5) is 11.4. The number of carbonyl (C=O) groups excluding carboxylic acids is 1. The zero-order valence-electron chi connectivity index (χ0n) is 14.4. The van der Waals surface area contributed by atoms with Gasteiger partial charge in [-0.05, 0) is 42.8 Å². The van der Waals surface area contributed by atoms with Crippen molar-refractivity contribution in [1.82, 2.24) is 4.57 Å². The summed E-state index contributed by atoms with van der Waals surface area (Å²) in [6.45, 7) is 1.97. The van der Waals surface area contributed by atoms with E-state index in [4.69, 9.17) is 11.6 Å². The summed E-state index contributed by atoms with van der Waals surface area (Å²) in [5.74, 6) is 0. The van der Waals surface area contributed by atoms with E-state index < -0.39 is 15.6 Å². The number of hydrogen-bond donors (Lipinski definition) is 1. The van der Waals surface area contributed by atoms with Crippen LogP contribution in [0.2, 0.25) is 5.02 Å². The molecule has 7 heteroatoms. The minimum absolute atomic E-state index is 0.266. The number of nitrogens with one attached hydrogen (secondary N) is 1. The van der Waals surface area contributed by atoms with Crippen molar-refractivity contribution in [2.45, 2.75) is 18.9 Å². The van der Waals surface area contributed by atoms with Crippen LogP contribution >= 0.6 is 11.6 Å². The molecule has 0 aliphatic carbocycles. The van der Waals surface area contributed by atoms with E-state index in [1.807, 2.05) is 42.0 Å². The lowest BCUT2D eigenvalue weighted by molar-refractivity contribution is -0.109. The Labute approximate surface area is 157 Å². The van der Waals surface area contributed by atoms with E-state index in [1.165, 1.54) is 0 Å². The van der Waals surface area contributed by atoms with Crippen LogP contribution in [0.4, 0.5) is 5.69 Å². The molecule has 136 valence electrons. The van der Waals surface area contributed by atoms with Gasteiger partial charge in [-0.15, -0.1) is 0 Å². The van der Waals surface area contributed by atoms with Gasteiger partial charge in [-0.1, -0.05) is 29.8 Å². The normalized spacial score (nSPS) is 14.1. The van der Waals surface area contributed by atoms with E-state index in [0.29, 0.717) is 10.7 Å². The lowest BCUT2D eigenvalue weighted by Crippen LogP contribution is -2.31. The summed E-state index contributed by atoms with van der Waals surface area (Å²) in [5, 5.41) is 1.39. The number of aldehydes is 1. The molecule has 0 aliphatic heterocycles. The van der Waals surface area contributed by atoms with E-state index in [0.717, 1.165) is 29.0 Å². The number of halogens is 1. The largest absolute Gasteiger partial charge is 0.337 e. The molecule has 26 heavy (non-hydrogen) atoms. The van der Waals surface area contributed by atoms with Crippen molar-refractivity contribution in [1.29, 1.82) is 0 Å². The molecule has 0 bridgehead atoms. The number of nitrogens with zero attached hydrogens (tertiary/aromatic N) is 1. The molecule has 0 saturated heterocycles. The first-order valence-corrected chi connectivity index (χ1v) is 10.3. The summed E-state index contributed by atoms with van der Waals surface area (Å²) >= 11 is 6.00. The van der Waals surface area contributed by atoms with Crippen LogP contribution in [0.5, 0.6) is 0 Å². The molecule has 0 radical (unpaired) electrons. The molecule has 1 aromatic heterocycles. The maximum Gasteiger partial charge on any atom is 0.229 e. The highest BCUT2D eigenvalue weighted by molar-refractivity contribution is 7.92. The van der Waals surface area contributed by atoms with Gasteiger partial charge in [0.15, 0.2) is 0 Å². The number of aromatic nitrogens is 1. The van der Waals surface area contributed by atoms with Gasteiger partial charge in [-0.3, -0.25) is 4.72 Å². The van der Waals surface area contributed by atoms with Crippen LogP contribution in [0.1, 0.15) is 18.9 Å². The Morgan fingerprint density at radius 1 is 1.15 bits per heavy atom. The predicted octanol–water partition coefficient (Wildman–Crippen LogP) is 4.02. The van der Waals surface area contributed by atoms with Crippen LogP contribution in [-0.2, 0) is 20.4 Å². The van der Waals surface area contributed by atoms with Crippen molar-refractivity contribution in [3.05, 3.63) is 65.3 Å². The van der Waals surface area contributed by atoms with Crippen LogP contribution in [0.25, 0.3) is 10.9 Å². The van der Waals surface area contributed by atoms with Gasteiger partial charge in [0.2, 0.25) is 10.0 Å². The van der Waals surface area contributed by atoms with Crippen molar-refractivity contribution < 1.29 is 13.2 Å². The minimum Gasteiger partial charge on any atom is -0.337 e. The van der Waals surface area contributed by atoms with Gasteiger partial charge in [0.05, 0.1) is 23.0 Å². The first-order chi connectivity index (χ1) is 12.2. The quantitative estimate of drug-likeness (QED) is 0.646. The third-order valence-corrected chi connectivity index (χ3v) is 5.35. The first kappa shape index (κ1) is 18.5. The smallest absolute Gasteiger partial charge is 0.229 e. The maximum absolute atomic E-state index is 11.6. The number of benzene rings is 2. The monoisotopic (exact) mass is 390 g/mol. The summed E-state index contributed by atoms with van der Waals surface area (Å²) in [5.41, 5.74) is 1.65. The predicted molar refractivity (Wildman–Crippen MR) is 105 cm³/mol. The van der Waals surface area contributed by atoms with E-state index in [2.05, 4.69) is 4.72 Å². The van der Waals surface area contributed by atoms with Crippen molar-refractivity contribution >= 4 is 44.5 Å². The summed E-state index contributed by atoms with van der Waals surface area (Å²) in [7, 11) is -3.39. The number of rotatable bonds is 6. The minimum atomic E-state index is -3.39. The van der Waals surface area contributed by atoms with Crippen LogP contribution in [0.15, 0.2) is 54.7 Å². The standard InChI is InChI=1S/C19H19ClN2O3S/c1-19(11-13-23,14-6-8-15(20)9-7-14)22-12-10-16-17(21-26(2,24)25)4-3-5-18(16)22/h3-10,12-13,21H,11H2,1-2H3. The first-order valence-electron chi connectivity index (χ1n) is 8.02. The van der Waals surface area contributed by atoms with Gasteiger partial charge in [-0.2, -0.15) is 0 Å². The highest BCUT2D eigenvalue weighted by Crippen LogP contribution is 2.35. The Hall–Kier alpha value is -2.31. The molecule has 0 aliphatic rings. The van der Waals surface area contributed by atoms with Crippen LogP contribution in [-0.4, -0.2) is 25.5 Å². The fourth-order valence-electron chi connectivity index (χ4n) is 3.21. The Balaban J connectivity index is 2.20. The molecule has 1 atom stereocenters. The highest BCUT2D eigenvalue weighted by Gasteiger charge is 2.29. The molecule has 1 N–H and O–H groups in total. The fraction of sp³-hybridized carbons (Fsp3) is 0.211. The molecule has 0 amide bonds. The molecule has 3 rings (SSSR count). The lowest BCUT2D eigenvalue weighted by Gasteiger charge is -2.31. The van der Waals surface area contributed by atoms with Gasteiger partial charge in [0.1, 0.15) is 6.29 Å². The van der Waals surface area contributed by atoms with Crippen LogP contribution in [0, 0.1) is 0 Å². The van der Waals surface area contributed by atoms with E-state index in [9.17, 15) is 13.2 Å². The van der Waals surface area contributed by atoms with Gasteiger partial charge in [0.25, 0.3) is 0 Å². The van der Waals surface area contributed by atoms with Crippen LogP contribution < -0.4 is 4.72 Å².